The Morgan fingerprint density at radius 2 is 1.85 bits per heavy atom. The molecule has 148 valence electrons. The molecule has 27 heavy (non-hydrogen) atoms. The third-order valence-corrected chi connectivity index (χ3v) is 4.69. The first-order valence-corrected chi connectivity index (χ1v) is 9.45. The van der Waals surface area contributed by atoms with Crippen LogP contribution in [-0.4, -0.2) is 62.5 Å². The summed E-state index contributed by atoms with van der Waals surface area (Å²) < 4.78 is 4.89. The van der Waals surface area contributed by atoms with Crippen molar-refractivity contribution in [1.82, 2.24) is 15.5 Å². The van der Waals surface area contributed by atoms with E-state index in [1.54, 1.807) is 0 Å². The molecule has 0 radical (unpaired) electrons. The highest BCUT2D eigenvalue weighted by atomic mass is 16.5. The van der Waals surface area contributed by atoms with Gasteiger partial charge in [0, 0.05) is 33.2 Å². The molecule has 0 saturated carbocycles. The zero-order valence-corrected chi connectivity index (χ0v) is 15.9. The van der Waals surface area contributed by atoms with Crippen LogP contribution in [0.3, 0.4) is 0 Å². The first kappa shape index (κ1) is 20.9. The van der Waals surface area contributed by atoms with Gasteiger partial charge >= 0.3 is 0 Å². The van der Waals surface area contributed by atoms with Crippen LogP contribution >= 0.6 is 0 Å². The Hall–Kier alpha value is -2.41. The van der Waals surface area contributed by atoms with Crippen LogP contribution in [0.25, 0.3) is 0 Å². The lowest BCUT2D eigenvalue weighted by Gasteiger charge is -2.23. The molecule has 0 bridgehead atoms. The van der Waals surface area contributed by atoms with Crippen molar-refractivity contribution in [3.05, 3.63) is 35.9 Å². The number of carbonyl (C=O) groups excluding carboxylic acids is 3. The summed E-state index contributed by atoms with van der Waals surface area (Å²) in [4.78, 5) is 38.0. The number of methoxy groups -OCH3 is 1. The van der Waals surface area contributed by atoms with Crippen molar-refractivity contribution in [1.29, 1.82) is 0 Å². The molecule has 7 nitrogen and oxygen atoms in total. The number of rotatable bonds is 3. The maximum atomic E-state index is 12.3. The van der Waals surface area contributed by atoms with E-state index in [1.165, 1.54) is 17.6 Å². The third kappa shape index (κ3) is 7.38. The molecular weight excluding hydrogens is 346 g/mol. The Balaban J connectivity index is 2.03. The molecule has 1 atom stereocenters. The minimum atomic E-state index is -0.228. The fourth-order valence-corrected chi connectivity index (χ4v) is 3.22. The van der Waals surface area contributed by atoms with E-state index in [-0.39, 0.29) is 36.8 Å². The van der Waals surface area contributed by atoms with Crippen LogP contribution < -0.4 is 10.6 Å². The number of nitrogens with zero attached hydrogens (tertiary/aromatic N) is 1. The van der Waals surface area contributed by atoms with E-state index in [2.05, 4.69) is 22.8 Å². The van der Waals surface area contributed by atoms with E-state index in [0.29, 0.717) is 32.5 Å². The van der Waals surface area contributed by atoms with Crippen LogP contribution in [0.1, 0.15) is 37.2 Å². The minimum Gasteiger partial charge on any atom is -0.375 e. The molecule has 2 N–H and O–H groups in total. The van der Waals surface area contributed by atoms with Gasteiger partial charge < -0.3 is 20.3 Å². The van der Waals surface area contributed by atoms with Gasteiger partial charge in [-0.05, 0) is 30.7 Å². The van der Waals surface area contributed by atoms with E-state index in [1.807, 2.05) is 18.2 Å². The van der Waals surface area contributed by atoms with E-state index in [0.717, 1.165) is 12.8 Å². The molecule has 3 amide bonds. The number of ether oxygens (including phenoxy) is 1. The SMILES string of the molecule is COCC(=O)N1CCCNC(=O)CCC(c2ccccc2)CCNC(=O)C1. The van der Waals surface area contributed by atoms with Crippen molar-refractivity contribution in [2.75, 3.05) is 39.9 Å². The molecule has 1 aromatic carbocycles. The standard InChI is InChI=1S/C20H29N3O4/c1-27-15-20(26)23-13-5-11-21-18(24)9-8-17(10-12-22-19(25)14-23)16-6-3-2-4-7-16/h2-4,6-7,17H,5,8-15H2,1H3,(H,21,24)(H,22,25). The summed E-state index contributed by atoms with van der Waals surface area (Å²) in [5, 5.41) is 5.80. The summed E-state index contributed by atoms with van der Waals surface area (Å²) in [6.45, 7) is 1.34. The van der Waals surface area contributed by atoms with Crippen LogP contribution in [0.15, 0.2) is 30.3 Å². The molecular formula is C20H29N3O4. The monoisotopic (exact) mass is 375 g/mol. The largest absolute Gasteiger partial charge is 0.375 e. The Kier molecular flexibility index (Phi) is 8.77. The minimum absolute atomic E-state index is 0.00609. The van der Waals surface area contributed by atoms with Gasteiger partial charge in [0.25, 0.3) is 0 Å². The zero-order valence-electron chi connectivity index (χ0n) is 15.9. The van der Waals surface area contributed by atoms with Crippen LogP contribution in [0.4, 0.5) is 0 Å². The second-order valence-corrected chi connectivity index (χ2v) is 6.74. The molecule has 0 spiro atoms. The van der Waals surface area contributed by atoms with Crippen molar-refractivity contribution >= 4 is 17.7 Å². The van der Waals surface area contributed by atoms with E-state index in [9.17, 15) is 14.4 Å². The Morgan fingerprint density at radius 1 is 1.11 bits per heavy atom. The van der Waals surface area contributed by atoms with Gasteiger partial charge in [0.15, 0.2) is 0 Å². The molecule has 1 aliphatic heterocycles. The van der Waals surface area contributed by atoms with Gasteiger partial charge in [0.1, 0.15) is 6.61 Å². The second kappa shape index (κ2) is 11.3. The summed E-state index contributed by atoms with van der Waals surface area (Å²) in [6, 6.07) is 10.0. The van der Waals surface area contributed by atoms with E-state index < -0.39 is 0 Å². The number of hydrogen-bond acceptors (Lipinski definition) is 4. The molecule has 0 aromatic heterocycles. The number of amides is 3. The number of nitrogens with one attached hydrogen (secondary N) is 2. The van der Waals surface area contributed by atoms with E-state index in [4.69, 9.17) is 4.74 Å². The predicted octanol–water partition coefficient (Wildman–Crippen LogP) is 1.05. The Morgan fingerprint density at radius 3 is 2.59 bits per heavy atom. The average Bonchev–Trinajstić information content (AvgIpc) is 2.67. The van der Waals surface area contributed by atoms with Crippen molar-refractivity contribution in [3.8, 4) is 0 Å². The average molecular weight is 375 g/mol. The summed E-state index contributed by atoms with van der Waals surface area (Å²) in [7, 11) is 1.45. The van der Waals surface area contributed by atoms with Crippen LogP contribution in [-0.2, 0) is 19.1 Å². The predicted molar refractivity (Wildman–Crippen MR) is 102 cm³/mol. The van der Waals surface area contributed by atoms with Crippen molar-refractivity contribution in [2.24, 2.45) is 0 Å². The molecule has 1 aliphatic rings. The highest BCUT2D eigenvalue weighted by Gasteiger charge is 2.19. The lowest BCUT2D eigenvalue weighted by molar-refractivity contribution is -0.139. The van der Waals surface area contributed by atoms with Crippen LogP contribution in [0.5, 0.6) is 0 Å². The van der Waals surface area contributed by atoms with Crippen LogP contribution in [0, 0.1) is 0 Å². The molecule has 1 aromatic rings. The molecule has 7 heteroatoms. The van der Waals surface area contributed by atoms with Crippen molar-refractivity contribution in [3.63, 3.8) is 0 Å². The second-order valence-electron chi connectivity index (χ2n) is 6.74. The van der Waals surface area contributed by atoms with E-state index >= 15 is 0 Å². The third-order valence-electron chi connectivity index (χ3n) is 4.69. The first-order valence-electron chi connectivity index (χ1n) is 9.45. The summed E-state index contributed by atoms with van der Waals surface area (Å²) in [6.07, 6.45) is 2.52. The normalized spacial score (nSPS) is 20.3. The maximum Gasteiger partial charge on any atom is 0.249 e. The lowest BCUT2D eigenvalue weighted by Crippen LogP contribution is -2.43. The first-order chi connectivity index (χ1) is 13.1. The molecule has 1 saturated heterocycles. The molecule has 1 unspecified atom stereocenters. The van der Waals surface area contributed by atoms with Crippen molar-refractivity contribution < 1.29 is 19.1 Å². The highest BCUT2D eigenvalue weighted by molar-refractivity contribution is 5.85. The lowest BCUT2D eigenvalue weighted by atomic mass is 9.91. The summed E-state index contributed by atoms with van der Waals surface area (Å²) in [5.41, 5.74) is 1.17. The molecule has 2 rings (SSSR count). The van der Waals surface area contributed by atoms with Gasteiger partial charge in [0.05, 0.1) is 6.54 Å². The zero-order chi connectivity index (χ0) is 19.5. The topological polar surface area (TPSA) is 87.7 Å². The van der Waals surface area contributed by atoms with Gasteiger partial charge in [-0.25, -0.2) is 0 Å². The summed E-state index contributed by atoms with van der Waals surface area (Å²) in [5.74, 6) is -0.182. The van der Waals surface area contributed by atoms with Gasteiger partial charge in [-0.1, -0.05) is 30.3 Å². The summed E-state index contributed by atoms with van der Waals surface area (Å²) >= 11 is 0. The quantitative estimate of drug-likeness (QED) is 0.827. The fraction of sp³-hybridized carbons (Fsp3) is 0.550. The molecule has 1 heterocycles. The van der Waals surface area contributed by atoms with Crippen LogP contribution in [0.2, 0.25) is 0 Å². The fourth-order valence-electron chi connectivity index (χ4n) is 3.22. The smallest absolute Gasteiger partial charge is 0.249 e. The number of benzene rings is 1. The van der Waals surface area contributed by atoms with Gasteiger partial charge in [-0.15, -0.1) is 0 Å². The molecule has 0 aliphatic carbocycles. The van der Waals surface area contributed by atoms with Gasteiger partial charge in [-0.3, -0.25) is 14.4 Å². The van der Waals surface area contributed by atoms with Gasteiger partial charge in [0.2, 0.25) is 17.7 Å². The van der Waals surface area contributed by atoms with Gasteiger partial charge in [-0.2, -0.15) is 0 Å². The number of carbonyl (C=O) groups is 3. The Labute approximate surface area is 160 Å². The Bertz CT molecular complexity index is 621. The number of hydrogen-bond donors (Lipinski definition) is 2. The maximum absolute atomic E-state index is 12.3. The highest BCUT2D eigenvalue weighted by Crippen LogP contribution is 2.24. The molecule has 1 fully saturated rings. The van der Waals surface area contributed by atoms with Crippen molar-refractivity contribution in [2.45, 2.75) is 31.6 Å².